The van der Waals surface area contributed by atoms with Crippen molar-refractivity contribution in [3.63, 3.8) is 0 Å². The molecule has 2 aromatic heterocycles. The molecule has 2 heterocycles. The molecule has 3 aromatic rings. The lowest BCUT2D eigenvalue weighted by molar-refractivity contribution is 0.0739. The molecule has 1 N–H and O–H groups in total. The molecule has 0 spiro atoms. The van der Waals surface area contributed by atoms with E-state index in [4.69, 9.17) is 0 Å². The summed E-state index contributed by atoms with van der Waals surface area (Å²) in [5.74, 6) is -0.0620. The largest absolute Gasteiger partial charge is 0.386 e. The maximum atomic E-state index is 12.8. The van der Waals surface area contributed by atoms with Gasteiger partial charge < -0.3 is 10.0 Å². The van der Waals surface area contributed by atoms with E-state index in [1.807, 2.05) is 55.5 Å². The van der Waals surface area contributed by atoms with E-state index in [0.29, 0.717) is 5.56 Å². The van der Waals surface area contributed by atoms with Crippen molar-refractivity contribution in [3.8, 4) is 11.1 Å². The molecular formula is C23H25N3O2. The quantitative estimate of drug-likeness (QED) is 0.726. The SMILES string of the molecule is C[C@@H](c1ccccn1)N(C)C(=O)c1ccc(-c2cncc(C(C)(C)O)c2)cc1. The van der Waals surface area contributed by atoms with E-state index in [9.17, 15) is 9.90 Å². The standard InChI is InChI=1S/C23H25N3O2/c1-16(21-7-5-6-12-25-21)26(4)22(27)18-10-8-17(9-11-18)19-13-20(15-24-14-19)23(2,3)28/h5-16,28H,1-4H3/t16-/m0/s1. The van der Waals surface area contributed by atoms with Gasteiger partial charge in [0.05, 0.1) is 17.3 Å². The minimum atomic E-state index is -0.955. The first kappa shape index (κ1) is 19.7. The summed E-state index contributed by atoms with van der Waals surface area (Å²) >= 11 is 0. The lowest BCUT2D eigenvalue weighted by atomic mass is 9.96. The molecule has 5 nitrogen and oxygen atoms in total. The van der Waals surface area contributed by atoms with E-state index < -0.39 is 5.60 Å². The number of pyridine rings is 2. The van der Waals surface area contributed by atoms with Crippen LogP contribution in [0.2, 0.25) is 0 Å². The molecule has 1 aromatic carbocycles. The number of nitrogens with zero attached hydrogens (tertiary/aromatic N) is 3. The molecule has 0 aliphatic carbocycles. The summed E-state index contributed by atoms with van der Waals surface area (Å²) in [6.45, 7) is 5.42. The Morgan fingerprint density at radius 2 is 1.79 bits per heavy atom. The third-order valence-corrected chi connectivity index (χ3v) is 4.93. The third kappa shape index (κ3) is 4.26. The van der Waals surface area contributed by atoms with Gasteiger partial charge in [-0.05, 0) is 56.7 Å². The second-order valence-electron chi connectivity index (χ2n) is 7.45. The Hall–Kier alpha value is -3.05. The van der Waals surface area contributed by atoms with Crippen LogP contribution >= 0.6 is 0 Å². The Morgan fingerprint density at radius 1 is 1.07 bits per heavy atom. The van der Waals surface area contributed by atoms with Crippen LogP contribution in [0.15, 0.2) is 67.1 Å². The number of hydrogen-bond acceptors (Lipinski definition) is 4. The van der Waals surface area contributed by atoms with E-state index in [2.05, 4.69) is 9.97 Å². The van der Waals surface area contributed by atoms with E-state index >= 15 is 0 Å². The number of carbonyl (C=O) groups excluding carboxylic acids is 1. The predicted octanol–water partition coefficient (Wildman–Crippen LogP) is 4.20. The maximum absolute atomic E-state index is 12.8. The molecule has 0 fully saturated rings. The van der Waals surface area contributed by atoms with Gasteiger partial charge >= 0.3 is 0 Å². The van der Waals surface area contributed by atoms with Crippen LogP contribution in [0.3, 0.4) is 0 Å². The fraction of sp³-hybridized carbons (Fsp3) is 0.261. The van der Waals surface area contributed by atoms with Crippen LogP contribution in [-0.4, -0.2) is 32.9 Å². The molecule has 1 atom stereocenters. The van der Waals surface area contributed by atoms with Crippen molar-refractivity contribution in [1.29, 1.82) is 0 Å². The molecule has 1 amide bonds. The first-order valence-corrected chi connectivity index (χ1v) is 9.24. The van der Waals surface area contributed by atoms with Crippen molar-refractivity contribution in [2.75, 3.05) is 7.05 Å². The van der Waals surface area contributed by atoms with E-state index in [1.165, 1.54) is 0 Å². The minimum Gasteiger partial charge on any atom is -0.386 e. The fourth-order valence-electron chi connectivity index (χ4n) is 2.94. The Bertz CT molecular complexity index is 948. The van der Waals surface area contributed by atoms with Crippen molar-refractivity contribution in [2.24, 2.45) is 0 Å². The lowest BCUT2D eigenvalue weighted by Gasteiger charge is -2.24. The van der Waals surface area contributed by atoms with E-state index in [0.717, 1.165) is 22.4 Å². The molecule has 0 aliphatic rings. The molecule has 28 heavy (non-hydrogen) atoms. The summed E-state index contributed by atoms with van der Waals surface area (Å²) in [5.41, 5.74) is 3.09. The van der Waals surface area contributed by atoms with Gasteiger partial charge in [0.2, 0.25) is 0 Å². The van der Waals surface area contributed by atoms with Crippen molar-refractivity contribution in [1.82, 2.24) is 14.9 Å². The van der Waals surface area contributed by atoms with Crippen molar-refractivity contribution in [3.05, 3.63) is 83.9 Å². The molecule has 0 saturated heterocycles. The summed E-state index contributed by atoms with van der Waals surface area (Å²) in [4.78, 5) is 23.1. The van der Waals surface area contributed by atoms with Gasteiger partial charge in [-0.15, -0.1) is 0 Å². The highest BCUT2D eigenvalue weighted by atomic mass is 16.3. The smallest absolute Gasteiger partial charge is 0.254 e. The summed E-state index contributed by atoms with van der Waals surface area (Å²) in [6.07, 6.45) is 5.14. The lowest BCUT2D eigenvalue weighted by Crippen LogP contribution is -2.30. The molecule has 0 bridgehead atoms. The molecule has 0 saturated carbocycles. The Balaban J connectivity index is 1.80. The highest BCUT2D eigenvalue weighted by Crippen LogP contribution is 2.26. The van der Waals surface area contributed by atoms with Gasteiger partial charge in [-0.1, -0.05) is 18.2 Å². The zero-order valence-corrected chi connectivity index (χ0v) is 16.6. The highest BCUT2D eigenvalue weighted by Gasteiger charge is 2.20. The highest BCUT2D eigenvalue weighted by molar-refractivity contribution is 5.94. The molecule has 0 radical (unpaired) electrons. The third-order valence-electron chi connectivity index (χ3n) is 4.93. The summed E-state index contributed by atoms with van der Waals surface area (Å²) < 4.78 is 0. The summed E-state index contributed by atoms with van der Waals surface area (Å²) in [7, 11) is 1.78. The van der Waals surface area contributed by atoms with Crippen LogP contribution in [0.1, 0.15) is 48.4 Å². The van der Waals surface area contributed by atoms with Gasteiger partial charge in [-0.2, -0.15) is 0 Å². The zero-order valence-electron chi connectivity index (χ0n) is 16.6. The van der Waals surface area contributed by atoms with Crippen molar-refractivity contribution >= 4 is 5.91 Å². The Morgan fingerprint density at radius 3 is 2.39 bits per heavy atom. The van der Waals surface area contributed by atoms with E-state index in [1.54, 1.807) is 44.4 Å². The molecule has 0 aliphatic heterocycles. The number of rotatable bonds is 5. The van der Waals surface area contributed by atoms with Crippen LogP contribution in [-0.2, 0) is 5.60 Å². The second-order valence-corrected chi connectivity index (χ2v) is 7.45. The first-order valence-electron chi connectivity index (χ1n) is 9.24. The topological polar surface area (TPSA) is 66.3 Å². The average Bonchev–Trinajstić information content (AvgIpc) is 2.72. The number of hydrogen-bond donors (Lipinski definition) is 1. The number of amides is 1. The fourth-order valence-corrected chi connectivity index (χ4v) is 2.94. The van der Waals surface area contributed by atoms with Crippen LogP contribution < -0.4 is 0 Å². The van der Waals surface area contributed by atoms with Crippen molar-refractivity contribution < 1.29 is 9.90 Å². The summed E-state index contributed by atoms with van der Waals surface area (Å²) in [6, 6.07) is 14.9. The molecule has 144 valence electrons. The Kier molecular flexibility index (Phi) is 5.56. The number of aromatic nitrogens is 2. The summed E-state index contributed by atoms with van der Waals surface area (Å²) in [5, 5.41) is 10.2. The van der Waals surface area contributed by atoms with Gasteiger partial charge in [-0.25, -0.2) is 0 Å². The normalized spacial score (nSPS) is 12.5. The van der Waals surface area contributed by atoms with Crippen LogP contribution in [0.25, 0.3) is 11.1 Å². The monoisotopic (exact) mass is 375 g/mol. The van der Waals surface area contributed by atoms with Crippen LogP contribution in [0, 0.1) is 0 Å². The number of benzene rings is 1. The van der Waals surface area contributed by atoms with Crippen molar-refractivity contribution in [2.45, 2.75) is 32.4 Å². The Labute approximate surface area is 165 Å². The molecular weight excluding hydrogens is 350 g/mol. The van der Waals surface area contributed by atoms with Gasteiger partial charge in [0.15, 0.2) is 0 Å². The van der Waals surface area contributed by atoms with E-state index in [-0.39, 0.29) is 11.9 Å². The van der Waals surface area contributed by atoms with Gasteiger partial charge in [-0.3, -0.25) is 14.8 Å². The molecule has 0 unspecified atom stereocenters. The van der Waals surface area contributed by atoms with Gasteiger partial charge in [0.25, 0.3) is 5.91 Å². The average molecular weight is 375 g/mol. The van der Waals surface area contributed by atoms with Crippen LogP contribution in [0.4, 0.5) is 0 Å². The van der Waals surface area contributed by atoms with Gasteiger partial charge in [0, 0.05) is 42.3 Å². The second kappa shape index (κ2) is 7.90. The first-order chi connectivity index (χ1) is 13.3. The number of aliphatic hydroxyl groups is 1. The molecule has 3 rings (SSSR count). The minimum absolute atomic E-state index is 0.0620. The zero-order chi connectivity index (χ0) is 20.3. The predicted molar refractivity (Wildman–Crippen MR) is 110 cm³/mol. The number of carbonyl (C=O) groups is 1. The maximum Gasteiger partial charge on any atom is 0.254 e. The van der Waals surface area contributed by atoms with Gasteiger partial charge in [0.1, 0.15) is 0 Å². The van der Waals surface area contributed by atoms with Crippen LogP contribution in [0.5, 0.6) is 0 Å². The molecule has 5 heteroatoms.